The standard InChI is InChI=1S/C11H13NO/c1-8(7-12)10-4-2-3-9-5-6-13-11(9)10/h2-4H,1,5-7,12H2. The SMILES string of the molecule is C=C(CN)c1cccc2c1OCC2. The predicted octanol–water partition coefficient (Wildman–Crippen LogP) is 1.59. The van der Waals surface area contributed by atoms with Gasteiger partial charge in [0, 0.05) is 18.5 Å². The maximum Gasteiger partial charge on any atom is 0.130 e. The highest BCUT2D eigenvalue weighted by Gasteiger charge is 2.16. The van der Waals surface area contributed by atoms with Crippen LogP contribution in [0.4, 0.5) is 0 Å². The molecule has 0 saturated carbocycles. The lowest BCUT2D eigenvalue weighted by Gasteiger charge is -2.08. The predicted molar refractivity (Wildman–Crippen MR) is 53.7 cm³/mol. The highest BCUT2D eigenvalue weighted by Crippen LogP contribution is 2.32. The second kappa shape index (κ2) is 3.23. The summed E-state index contributed by atoms with van der Waals surface area (Å²) in [6.45, 7) is 5.18. The molecular formula is C11H13NO. The maximum atomic E-state index is 5.54. The van der Waals surface area contributed by atoms with Crippen LogP contribution in [0.5, 0.6) is 5.75 Å². The molecule has 1 aromatic rings. The van der Waals surface area contributed by atoms with Gasteiger partial charge in [-0.15, -0.1) is 0 Å². The molecule has 2 N–H and O–H groups in total. The first-order chi connectivity index (χ1) is 6.33. The number of ether oxygens (including phenoxy) is 1. The quantitative estimate of drug-likeness (QED) is 0.740. The van der Waals surface area contributed by atoms with Gasteiger partial charge in [0.15, 0.2) is 0 Å². The molecule has 0 spiro atoms. The van der Waals surface area contributed by atoms with Crippen LogP contribution in [-0.2, 0) is 6.42 Å². The van der Waals surface area contributed by atoms with Gasteiger partial charge in [-0.3, -0.25) is 0 Å². The van der Waals surface area contributed by atoms with Crippen molar-refractivity contribution in [2.24, 2.45) is 5.73 Å². The molecule has 0 unspecified atom stereocenters. The number of hydrogen-bond acceptors (Lipinski definition) is 2. The average molecular weight is 175 g/mol. The van der Waals surface area contributed by atoms with E-state index < -0.39 is 0 Å². The lowest BCUT2D eigenvalue weighted by atomic mass is 10.0. The number of nitrogens with two attached hydrogens (primary N) is 1. The molecule has 0 aromatic heterocycles. The van der Waals surface area contributed by atoms with Crippen LogP contribution >= 0.6 is 0 Å². The normalized spacial score (nSPS) is 13.6. The first-order valence-corrected chi connectivity index (χ1v) is 4.46. The van der Waals surface area contributed by atoms with Crippen LogP contribution in [0.2, 0.25) is 0 Å². The third kappa shape index (κ3) is 1.33. The van der Waals surface area contributed by atoms with Gasteiger partial charge >= 0.3 is 0 Å². The van der Waals surface area contributed by atoms with E-state index >= 15 is 0 Å². The highest BCUT2D eigenvalue weighted by atomic mass is 16.5. The van der Waals surface area contributed by atoms with E-state index in [1.807, 2.05) is 12.1 Å². The van der Waals surface area contributed by atoms with E-state index in [0.29, 0.717) is 6.54 Å². The number of hydrogen-bond donors (Lipinski definition) is 1. The van der Waals surface area contributed by atoms with Crippen molar-refractivity contribution in [2.75, 3.05) is 13.2 Å². The van der Waals surface area contributed by atoms with Crippen molar-refractivity contribution in [3.8, 4) is 5.75 Å². The van der Waals surface area contributed by atoms with Gasteiger partial charge in [-0.05, 0) is 11.1 Å². The molecule has 2 heteroatoms. The minimum atomic E-state index is 0.486. The number of rotatable bonds is 2. The first kappa shape index (κ1) is 8.32. The van der Waals surface area contributed by atoms with Gasteiger partial charge in [-0.1, -0.05) is 24.8 Å². The molecule has 0 bridgehead atoms. The Bertz CT molecular complexity index is 344. The van der Waals surface area contributed by atoms with Crippen LogP contribution in [0.15, 0.2) is 24.8 Å². The fourth-order valence-electron chi connectivity index (χ4n) is 1.60. The average Bonchev–Trinajstić information content (AvgIpc) is 2.63. The molecule has 0 radical (unpaired) electrons. The summed E-state index contributed by atoms with van der Waals surface area (Å²) < 4.78 is 5.54. The molecule has 0 atom stereocenters. The number of benzene rings is 1. The number of para-hydroxylation sites is 1. The highest BCUT2D eigenvalue weighted by molar-refractivity contribution is 5.71. The van der Waals surface area contributed by atoms with Crippen LogP contribution in [0.25, 0.3) is 5.57 Å². The van der Waals surface area contributed by atoms with Gasteiger partial charge in [0.2, 0.25) is 0 Å². The van der Waals surface area contributed by atoms with Crippen LogP contribution in [-0.4, -0.2) is 13.2 Å². The summed E-state index contributed by atoms with van der Waals surface area (Å²) in [5.74, 6) is 0.984. The molecule has 0 fully saturated rings. The molecule has 13 heavy (non-hydrogen) atoms. The summed E-state index contributed by atoms with van der Waals surface area (Å²) in [6.07, 6.45) is 1.00. The smallest absolute Gasteiger partial charge is 0.130 e. The molecule has 1 aromatic carbocycles. The minimum Gasteiger partial charge on any atom is -0.492 e. The zero-order valence-electron chi connectivity index (χ0n) is 7.55. The van der Waals surface area contributed by atoms with Crippen molar-refractivity contribution >= 4 is 5.57 Å². The van der Waals surface area contributed by atoms with Crippen molar-refractivity contribution in [2.45, 2.75) is 6.42 Å². The Balaban J connectivity index is 2.47. The third-order valence-electron chi connectivity index (χ3n) is 2.34. The molecular weight excluding hydrogens is 162 g/mol. The Morgan fingerprint density at radius 2 is 2.38 bits per heavy atom. The summed E-state index contributed by atoms with van der Waals surface area (Å²) >= 11 is 0. The number of fused-ring (bicyclic) bond motifs is 1. The lowest BCUT2D eigenvalue weighted by molar-refractivity contribution is 0.356. The van der Waals surface area contributed by atoms with Crippen molar-refractivity contribution in [3.63, 3.8) is 0 Å². The molecule has 0 aliphatic carbocycles. The first-order valence-electron chi connectivity index (χ1n) is 4.46. The second-order valence-electron chi connectivity index (χ2n) is 3.20. The molecule has 0 amide bonds. The van der Waals surface area contributed by atoms with Gasteiger partial charge in [-0.2, -0.15) is 0 Å². The van der Waals surface area contributed by atoms with Gasteiger partial charge in [0.05, 0.1) is 6.61 Å². The summed E-state index contributed by atoms with van der Waals surface area (Å²) in [5, 5.41) is 0. The molecule has 0 saturated heterocycles. The van der Waals surface area contributed by atoms with E-state index in [1.165, 1.54) is 5.56 Å². The van der Waals surface area contributed by atoms with E-state index in [4.69, 9.17) is 10.5 Å². The third-order valence-corrected chi connectivity index (χ3v) is 2.34. The van der Waals surface area contributed by atoms with Crippen LogP contribution in [0.3, 0.4) is 0 Å². The summed E-state index contributed by atoms with van der Waals surface area (Å²) in [7, 11) is 0. The molecule has 2 rings (SSSR count). The van der Waals surface area contributed by atoms with Crippen LogP contribution in [0, 0.1) is 0 Å². The van der Waals surface area contributed by atoms with E-state index in [0.717, 1.165) is 29.9 Å². The summed E-state index contributed by atoms with van der Waals surface area (Å²) in [6, 6.07) is 6.14. The maximum absolute atomic E-state index is 5.54. The van der Waals surface area contributed by atoms with E-state index in [2.05, 4.69) is 12.6 Å². The van der Waals surface area contributed by atoms with E-state index in [1.54, 1.807) is 0 Å². The van der Waals surface area contributed by atoms with Crippen molar-refractivity contribution in [3.05, 3.63) is 35.9 Å². The molecule has 2 nitrogen and oxygen atoms in total. The van der Waals surface area contributed by atoms with Crippen LogP contribution < -0.4 is 10.5 Å². The van der Waals surface area contributed by atoms with Crippen molar-refractivity contribution in [1.82, 2.24) is 0 Å². The van der Waals surface area contributed by atoms with E-state index in [9.17, 15) is 0 Å². The Morgan fingerprint density at radius 3 is 3.15 bits per heavy atom. The fourth-order valence-corrected chi connectivity index (χ4v) is 1.60. The molecule has 1 aliphatic heterocycles. The zero-order chi connectivity index (χ0) is 9.26. The van der Waals surface area contributed by atoms with Gasteiger partial charge < -0.3 is 10.5 Å². The van der Waals surface area contributed by atoms with Crippen molar-refractivity contribution in [1.29, 1.82) is 0 Å². The van der Waals surface area contributed by atoms with Gasteiger partial charge in [-0.25, -0.2) is 0 Å². The Morgan fingerprint density at radius 1 is 1.54 bits per heavy atom. The molecule has 1 aliphatic rings. The second-order valence-corrected chi connectivity index (χ2v) is 3.20. The Hall–Kier alpha value is -1.28. The Kier molecular flexibility index (Phi) is 2.07. The largest absolute Gasteiger partial charge is 0.492 e. The Labute approximate surface area is 78.0 Å². The fraction of sp³-hybridized carbons (Fsp3) is 0.273. The topological polar surface area (TPSA) is 35.2 Å². The lowest BCUT2D eigenvalue weighted by Crippen LogP contribution is -2.02. The van der Waals surface area contributed by atoms with Gasteiger partial charge in [0.1, 0.15) is 5.75 Å². The van der Waals surface area contributed by atoms with Crippen molar-refractivity contribution < 1.29 is 4.74 Å². The monoisotopic (exact) mass is 175 g/mol. The van der Waals surface area contributed by atoms with E-state index in [-0.39, 0.29) is 0 Å². The molecule has 1 heterocycles. The zero-order valence-corrected chi connectivity index (χ0v) is 7.55. The summed E-state index contributed by atoms with van der Waals surface area (Å²) in [5.41, 5.74) is 8.82. The van der Waals surface area contributed by atoms with Gasteiger partial charge in [0.25, 0.3) is 0 Å². The molecule has 68 valence electrons. The minimum absolute atomic E-state index is 0.486. The van der Waals surface area contributed by atoms with Crippen LogP contribution in [0.1, 0.15) is 11.1 Å². The summed E-state index contributed by atoms with van der Waals surface area (Å²) in [4.78, 5) is 0.